The van der Waals surface area contributed by atoms with Crippen molar-refractivity contribution in [2.75, 3.05) is 10.6 Å². The van der Waals surface area contributed by atoms with Gasteiger partial charge >= 0.3 is 0 Å². The van der Waals surface area contributed by atoms with E-state index in [0.29, 0.717) is 10.8 Å². The molecule has 0 amide bonds. The number of anilines is 4. The van der Waals surface area contributed by atoms with Crippen molar-refractivity contribution >= 4 is 64.5 Å². The average Bonchev–Trinajstić information content (AvgIpc) is 2.97. The third-order valence-corrected chi connectivity index (χ3v) is 8.81. The highest BCUT2D eigenvalue weighted by molar-refractivity contribution is 7.86. The lowest BCUT2D eigenvalue weighted by Crippen LogP contribution is -1.97. The Bertz CT molecular complexity index is 2040. The molecule has 4 N–H and O–H groups in total. The summed E-state index contributed by atoms with van der Waals surface area (Å²) in [6.07, 6.45) is 0.763. The predicted octanol–water partition coefficient (Wildman–Crippen LogP) is 7.56. The van der Waals surface area contributed by atoms with E-state index in [1.54, 1.807) is 24.3 Å². The van der Waals surface area contributed by atoms with Gasteiger partial charge in [-0.05, 0) is 112 Å². The zero-order chi connectivity index (χ0) is 30.2. The van der Waals surface area contributed by atoms with Crippen LogP contribution in [0.5, 0.6) is 0 Å². The quantitative estimate of drug-likeness (QED) is 0.130. The number of nitrogens with one attached hydrogen (secondary N) is 2. The van der Waals surface area contributed by atoms with Gasteiger partial charge in [-0.3, -0.25) is 9.11 Å². The molecule has 0 aliphatic heterocycles. The number of rotatable bonds is 8. The molecule has 216 valence electrons. The summed E-state index contributed by atoms with van der Waals surface area (Å²) in [7, 11) is -8.49. The second-order valence-electron chi connectivity index (χ2n) is 10.2. The molecule has 0 bridgehead atoms. The fourth-order valence-corrected chi connectivity index (χ4v) is 5.94. The van der Waals surface area contributed by atoms with Crippen LogP contribution in [0.2, 0.25) is 0 Å². The Balaban J connectivity index is 1.08. The van der Waals surface area contributed by atoms with E-state index in [-0.39, 0.29) is 9.79 Å². The molecular weight excluding hydrogens is 585 g/mol. The lowest BCUT2D eigenvalue weighted by molar-refractivity contribution is 0.481. The van der Waals surface area contributed by atoms with E-state index >= 15 is 0 Å². The van der Waals surface area contributed by atoms with Gasteiger partial charge in [-0.2, -0.15) is 16.8 Å². The maximum absolute atomic E-state index is 11.4. The molecule has 0 heterocycles. The van der Waals surface area contributed by atoms with Gasteiger partial charge in [0.25, 0.3) is 20.2 Å². The highest BCUT2D eigenvalue weighted by Gasteiger charge is 2.11. The molecule has 10 heteroatoms. The summed E-state index contributed by atoms with van der Waals surface area (Å²) in [5.74, 6) is 0. The lowest BCUT2D eigenvalue weighted by Gasteiger charge is -2.11. The van der Waals surface area contributed by atoms with Crippen molar-refractivity contribution in [1.82, 2.24) is 0 Å². The molecule has 0 unspecified atom stereocenters. The van der Waals surface area contributed by atoms with Gasteiger partial charge in [-0.1, -0.05) is 48.5 Å². The van der Waals surface area contributed by atoms with Crippen LogP contribution >= 0.6 is 0 Å². The fourth-order valence-electron chi connectivity index (χ4n) is 4.90. The first-order valence-electron chi connectivity index (χ1n) is 13.2. The van der Waals surface area contributed by atoms with Crippen LogP contribution in [0.25, 0.3) is 21.5 Å². The van der Waals surface area contributed by atoms with Crippen LogP contribution in [0.4, 0.5) is 22.7 Å². The molecule has 0 fully saturated rings. The van der Waals surface area contributed by atoms with Gasteiger partial charge in [-0.15, -0.1) is 0 Å². The van der Waals surface area contributed by atoms with Crippen molar-refractivity contribution in [2.24, 2.45) is 0 Å². The molecular formula is C33H26N2O6S2. The van der Waals surface area contributed by atoms with Gasteiger partial charge < -0.3 is 10.6 Å². The molecule has 6 aromatic carbocycles. The summed E-state index contributed by atoms with van der Waals surface area (Å²) >= 11 is 0. The van der Waals surface area contributed by atoms with Crippen molar-refractivity contribution in [1.29, 1.82) is 0 Å². The van der Waals surface area contributed by atoms with E-state index in [9.17, 15) is 25.9 Å². The van der Waals surface area contributed by atoms with Crippen molar-refractivity contribution in [3.8, 4) is 0 Å². The third-order valence-electron chi connectivity index (χ3n) is 7.11. The molecule has 6 rings (SSSR count). The van der Waals surface area contributed by atoms with E-state index in [4.69, 9.17) is 0 Å². The summed E-state index contributed by atoms with van der Waals surface area (Å²) in [5.41, 5.74) is 5.86. The van der Waals surface area contributed by atoms with E-state index in [0.717, 1.165) is 51.1 Å². The van der Waals surface area contributed by atoms with Crippen LogP contribution in [0, 0.1) is 0 Å². The number of benzene rings is 6. The lowest BCUT2D eigenvalue weighted by atomic mass is 10.0. The van der Waals surface area contributed by atoms with E-state index < -0.39 is 20.2 Å². The second kappa shape index (κ2) is 11.2. The number of hydrogen-bond donors (Lipinski definition) is 4. The van der Waals surface area contributed by atoms with Crippen LogP contribution in [0.1, 0.15) is 11.1 Å². The Morgan fingerprint density at radius 1 is 0.419 bits per heavy atom. The molecule has 6 aromatic rings. The van der Waals surface area contributed by atoms with Gasteiger partial charge in [-0.25, -0.2) is 0 Å². The topological polar surface area (TPSA) is 133 Å². The standard InChI is InChI=1S/C33H26N2O6S2/c36-42(37,38)32-15-7-24-18-30(13-5-26(24)20-32)34-28-9-1-22(2-10-28)17-23-3-11-29(12-4-23)35-31-14-6-27-21-33(43(39,40)41)16-8-25(27)19-31/h1-16,18-21,34-35H,17H2,(H,36,37,38)(H,39,40,41). The van der Waals surface area contributed by atoms with Crippen LogP contribution in [0.15, 0.2) is 131 Å². The maximum atomic E-state index is 11.4. The van der Waals surface area contributed by atoms with Crippen LogP contribution in [-0.4, -0.2) is 25.9 Å². The molecule has 0 saturated carbocycles. The largest absolute Gasteiger partial charge is 0.356 e. The van der Waals surface area contributed by atoms with Gasteiger partial charge in [0.05, 0.1) is 9.79 Å². The Kier molecular flexibility index (Phi) is 7.37. The zero-order valence-electron chi connectivity index (χ0n) is 22.6. The summed E-state index contributed by atoms with van der Waals surface area (Å²) in [4.78, 5) is -0.262. The molecule has 0 spiro atoms. The van der Waals surface area contributed by atoms with E-state index in [1.165, 1.54) is 24.3 Å². The summed E-state index contributed by atoms with van der Waals surface area (Å²) < 4.78 is 64.1. The molecule has 43 heavy (non-hydrogen) atoms. The van der Waals surface area contributed by atoms with Gasteiger partial charge in [0, 0.05) is 22.7 Å². The first-order valence-corrected chi connectivity index (χ1v) is 16.1. The van der Waals surface area contributed by atoms with Gasteiger partial charge in [0.2, 0.25) is 0 Å². The van der Waals surface area contributed by atoms with Crippen LogP contribution in [-0.2, 0) is 26.7 Å². The van der Waals surface area contributed by atoms with Crippen molar-refractivity contribution in [3.63, 3.8) is 0 Å². The monoisotopic (exact) mass is 610 g/mol. The number of fused-ring (bicyclic) bond motifs is 2. The highest BCUT2D eigenvalue weighted by atomic mass is 32.2. The smallest absolute Gasteiger partial charge is 0.294 e. The van der Waals surface area contributed by atoms with Gasteiger partial charge in [0.15, 0.2) is 0 Å². The maximum Gasteiger partial charge on any atom is 0.294 e. The fraction of sp³-hybridized carbons (Fsp3) is 0.0303. The summed E-state index contributed by atoms with van der Waals surface area (Å²) in [6, 6.07) is 36.5. The zero-order valence-corrected chi connectivity index (χ0v) is 24.2. The van der Waals surface area contributed by atoms with Crippen molar-refractivity contribution < 1.29 is 25.9 Å². The Morgan fingerprint density at radius 3 is 1.12 bits per heavy atom. The first kappa shape index (κ1) is 28.4. The minimum Gasteiger partial charge on any atom is -0.356 e. The SMILES string of the molecule is O=S(=O)(O)c1ccc2cc(Nc3ccc(Cc4ccc(Nc5ccc6cc(S(=O)(=O)O)ccc6c5)cc4)cc3)ccc2c1. The summed E-state index contributed by atoms with van der Waals surface area (Å²) in [5, 5.41) is 9.86. The molecule has 0 aliphatic rings. The Labute approximate surface area is 249 Å². The molecule has 0 radical (unpaired) electrons. The molecule has 8 nitrogen and oxygen atoms in total. The predicted molar refractivity (Wildman–Crippen MR) is 170 cm³/mol. The highest BCUT2D eigenvalue weighted by Crippen LogP contribution is 2.27. The van der Waals surface area contributed by atoms with Crippen molar-refractivity contribution in [3.05, 3.63) is 132 Å². The third kappa shape index (κ3) is 6.68. The van der Waals surface area contributed by atoms with E-state index in [1.807, 2.05) is 48.5 Å². The Morgan fingerprint density at radius 2 is 0.744 bits per heavy atom. The molecule has 0 saturated heterocycles. The van der Waals surface area contributed by atoms with Crippen LogP contribution < -0.4 is 10.6 Å². The van der Waals surface area contributed by atoms with Crippen molar-refractivity contribution in [2.45, 2.75) is 16.2 Å². The van der Waals surface area contributed by atoms with E-state index in [2.05, 4.69) is 34.9 Å². The molecule has 0 aromatic heterocycles. The minimum absolute atomic E-state index is 0.131. The molecule has 0 aliphatic carbocycles. The average molecular weight is 611 g/mol. The van der Waals surface area contributed by atoms with Crippen LogP contribution in [0.3, 0.4) is 0 Å². The Hall–Kier alpha value is -4.74. The first-order chi connectivity index (χ1) is 20.5. The minimum atomic E-state index is -4.25. The number of hydrogen-bond acceptors (Lipinski definition) is 6. The summed E-state index contributed by atoms with van der Waals surface area (Å²) in [6.45, 7) is 0. The normalized spacial score (nSPS) is 12.0. The second-order valence-corrected chi connectivity index (χ2v) is 13.1. The van der Waals surface area contributed by atoms with Gasteiger partial charge in [0.1, 0.15) is 0 Å². The molecule has 0 atom stereocenters.